The molecule has 2 heterocycles. The van der Waals surface area contributed by atoms with E-state index < -0.39 is 0 Å². The van der Waals surface area contributed by atoms with Crippen LogP contribution in [0.5, 0.6) is 0 Å². The van der Waals surface area contributed by atoms with Gasteiger partial charge in [0.15, 0.2) is 0 Å². The molecule has 2 aromatic rings. The van der Waals surface area contributed by atoms with Gasteiger partial charge in [-0.15, -0.1) is 0 Å². The summed E-state index contributed by atoms with van der Waals surface area (Å²) in [6, 6.07) is 8.20. The second-order valence-corrected chi connectivity index (χ2v) is 5.91. The summed E-state index contributed by atoms with van der Waals surface area (Å²) in [6.07, 6.45) is 5.80. The highest BCUT2D eigenvalue weighted by molar-refractivity contribution is 6.01. The molecule has 4 rings (SSSR count). The molecule has 1 unspecified atom stereocenters. The summed E-state index contributed by atoms with van der Waals surface area (Å²) in [5, 5.41) is 0. The highest BCUT2D eigenvalue weighted by Gasteiger charge is 2.33. The lowest BCUT2D eigenvalue weighted by Crippen LogP contribution is -2.29. The first-order valence-electron chi connectivity index (χ1n) is 7.40. The normalized spacial score (nSPS) is 19.7. The molecule has 0 radical (unpaired) electrons. The highest BCUT2D eigenvalue weighted by atomic mass is 16.5. The fourth-order valence-corrected chi connectivity index (χ4v) is 3.18. The van der Waals surface area contributed by atoms with Gasteiger partial charge in [-0.2, -0.15) is 0 Å². The van der Waals surface area contributed by atoms with Crippen LogP contribution in [0.3, 0.4) is 0 Å². The van der Waals surface area contributed by atoms with Crippen molar-refractivity contribution in [3.05, 3.63) is 70.2 Å². The summed E-state index contributed by atoms with van der Waals surface area (Å²) in [4.78, 5) is 11.9. The van der Waals surface area contributed by atoms with Gasteiger partial charge in [0.1, 0.15) is 11.9 Å². The molecule has 0 saturated heterocycles. The Balaban J connectivity index is 1.88. The summed E-state index contributed by atoms with van der Waals surface area (Å²) >= 11 is 0. The number of fused-ring (bicyclic) bond motifs is 2. The molecular weight excluding hydrogens is 276 g/mol. The summed E-state index contributed by atoms with van der Waals surface area (Å²) in [7, 11) is 0. The molecule has 0 spiro atoms. The molecule has 2 aliphatic rings. The number of carbonyl (C=O) groups is 1. The molecule has 0 N–H and O–H groups in total. The average molecular weight is 292 g/mol. The molecule has 3 nitrogen and oxygen atoms in total. The van der Waals surface area contributed by atoms with Crippen LogP contribution < -0.4 is 0 Å². The standard InChI is InChI=1S/C19H16O3/c1-11-4-3-5-13(6-11)15-8-19(20)22-18-9-17-14(7-16(15)18)12(2)10-21-17/h3-8,10,18H,9H2,1-2H3. The van der Waals surface area contributed by atoms with Crippen molar-refractivity contribution >= 4 is 17.6 Å². The van der Waals surface area contributed by atoms with Crippen molar-refractivity contribution in [2.24, 2.45) is 0 Å². The Kier molecular flexibility index (Phi) is 2.83. The zero-order valence-corrected chi connectivity index (χ0v) is 12.6. The van der Waals surface area contributed by atoms with E-state index in [-0.39, 0.29) is 12.1 Å². The predicted octanol–water partition coefficient (Wildman–Crippen LogP) is 3.84. The van der Waals surface area contributed by atoms with Crippen molar-refractivity contribution in [3.8, 4) is 0 Å². The molecule has 110 valence electrons. The van der Waals surface area contributed by atoms with Gasteiger partial charge in [0, 0.05) is 23.6 Å². The minimum absolute atomic E-state index is 0.258. The molecular formula is C19H16O3. The maximum absolute atomic E-state index is 11.9. The maximum atomic E-state index is 11.9. The predicted molar refractivity (Wildman–Crippen MR) is 84.2 cm³/mol. The van der Waals surface area contributed by atoms with Crippen molar-refractivity contribution in [2.75, 3.05) is 0 Å². The van der Waals surface area contributed by atoms with Crippen LogP contribution in [0, 0.1) is 13.8 Å². The van der Waals surface area contributed by atoms with E-state index in [4.69, 9.17) is 9.15 Å². The van der Waals surface area contributed by atoms with E-state index >= 15 is 0 Å². The number of ether oxygens (including phenoxy) is 1. The SMILES string of the molecule is Cc1cccc(C2=CC(=O)OC3Cc4occ(C)c4C=C23)c1. The number of benzene rings is 1. The smallest absolute Gasteiger partial charge is 0.332 e. The average Bonchev–Trinajstić information content (AvgIpc) is 2.85. The van der Waals surface area contributed by atoms with Gasteiger partial charge in [-0.3, -0.25) is 0 Å². The molecule has 1 aliphatic heterocycles. The van der Waals surface area contributed by atoms with Crippen molar-refractivity contribution < 1.29 is 13.9 Å². The van der Waals surface area contributed by atoms with E-state index in [1.165, 1.54) is 5.56 Å². The molecule has 0 amide bonds. The van der Waals surface area contributed by atoms with E-state index in [1.807, 2.05) is 19.1 Å². The van der Waals surface area contributed by atoms with Crippen LogP contribution in [-0.2, 0) is 16.0 Å². The van der Waals surface area contributed by atoms with Crippen LogP contribution in [0.25, 0.3) is 11.6 Å². The van der Waals surface area contributed by atoms with Gasteiger partial charge in [-0.05, 0) is 36.6 Å². The third kappa shape index (κ3) is 2.01. The zero-order chi connectivity index (χ0) is 15.3. The Morgan fingerprint density at radius 2 is 2.05 bits per heavy atom. The van der Waals surface area contributed by atoms with Gasteiger partial charge in [0.25, 0.3) is 0 Å². The number of aryl methyl sites for hydroxylation is 2. The molecule has 22 heavy (non-hydrogen) atoms. The van der Waals surface area contributed by atoms with E-state index in [1.54, 1.807) is 12.3 Å². The molecule has 1 aromatic carbocycles. The van der Waals surface area contributed by atoms with Crippen LogP contribution in [0.15, 0.2) is 46.6 Å². The van der Waals surface area contributed by atoms with Crippen LogP contribution >= 0.6 is 0 Å². The molecule has 0 bridgehead atoms. The first kappa shape index (κ1) is 13.1. The Hall–Kier alpha value is -2.55. The second-order valence-electron chi connectivity index (χ2n) is 5.91. The van der Waals surface area contributed by atoms with Gasteiger partial charge < -0.3 is 9.15 Å². The van der Waals surface area contributed by atoms with Crippen LogP contribution in [0.4, 0.5) is 0 Å². The van der Waals surface area contributed by atoms with Gasteiger partial charge in [-0.25, -0.2) is 4.79 Å². The molecule has 1 aromatic heterocycles. The van der Waals surface area contributed by atoms with Crippen LogP contribution in [-0.4, -0.2) is 12.1 Å². The molecule has 0 fully saturated rings. The molecule has 0 saturated carbocycles. The highest BCUT2D eigenvalue weighted by Crippen LogP contribution is 2.39. The van der Waals surface area contributed by atoms with Crippen LogP contribution in [0.2, 0.25) is 0 Å². The molecule has 1 aliphatic carbocycles. The van der Waals surface area contributed by atoms with Crippen LogP contribution in [0.1, 0.15) is 28.0 Å². The van der Waals surface area contributed by atoms with Crippen molar-refractivity contribution in [1.82, 2.24) is 0 Å². The number of hydrogen-bond acceptors (Lipinski definition) is 3. The lowest BCUT2D eigenvalue weighted by molar-refractivity contribution is -0.141. The Labute approximate surface area is 128 Å². The lowest BCUT2D eigenvalue weighted by Gasteiger charge is -2.29. The molecule has 1 atom stereocenters. The summed E-state index contributed by atoms with van der Waals surface area (Å²) < 4.78 is 11.1. The van der Waals surface area contributed by atoms with E-state index in [0.29, 0.717) is 6.42 Å². The van der Waals surface area contributed by atoms with Gasteiger partial charge in [0.2, 0.25) is 0 Å². The Morgan fingerprint density at radius 1 is 1.18 bits per heavy atom. The van der Waals surface area contributed by atoms with E-state index in [0.717, 1.165) is 33.6 Å². The second kappa shape index (κ2) is 4.73. The topological polar surface area (TPSA) is 39.4 Å². The lowest BCUT2D eigenvalue weighted by atomic mass is 9.84. The van der Waals surface area contributed by atoms with Gasteiger partial charge in [0.05, 0.1) is 6.26 Å². The minimum atomic E-state index is -0.287. The van der Waals surface area contributed by atoms with E-state index in [9.17, 15) is 4.79 Å². The largest absolute Gasteiger partial charge is 0.468 e. The summed E-state index contributed by atoms with van der Waals surface area (Å²) in [6.45, 7) is 4.08. The van der Waals surface area contributed by atoms with Crippen molar-refractivity contribution in [3.63, 3.8) is 0 Å². The Morgan fingerprint density at radius 3 is 2.86 bits per heavy atom. The van der Waals surface area contributed by atoms with Crippen molar-refractivity contribution in [2.45, 2.75) is 26.4 Å². The number of hydrogen-bond donors (Lipinski definition) is 0. The fourth-order valence-electron chi connectivity index (χ4n) is 3.18. The summed E-state index contributed by atoms with van der Waals surface area (Å²) in [5.41, 5.74) is 6.46. The molecule has 3 heteroatoms. The van der Waals surface area contributed by atoms with Gasteiger partial charge >= 0.3 is 5.97 Å². The minimum Gasteiger partial charge on any atom is -0.468 e. The Bertz CT molecular complexity index is 836. The third-order valence-corrected chi connectivity index (χ3v) is 4.28. The zero-order valence-electron chi connectivity index (χ0n) is 12.6. The maximum Gasteiger partial charge on any atom is 0.332 e. The first-order valence-corrected chi connectivity index (χ1v) is 7.40. The number of carbonyl (C=O) groups excluding carboxylic acids is 1. The number of furan rings is 1. The van der Waals surface area contributed by atoms with Crippen molar-refractivity contribution in [1.29, 1.82) is 0 Å². The number of rotatable bonds is 1. The van der Waals surface area contributed by atoms with Gasteiger partial charge in [-0.1, -0.05) is 29.8 Å². The van der Waals surface area contributed by atoms with E-state index in [2.05, 4.69) is 25.1 Å². The monoisotopic (exact) mass is 292 g/mol. The first-order chi connectivity index (χ1) is 10.6. The fraction of sp³-hybridized carbons (Fsp3) is 0.211. The quantitative estimate of drug-likeness (QED) is 0.750. The number of esters is 1. The third-order valence-electron chi connectivity index (χ3n) is 4.28. The summed E-state index contributed by atoms with van der Waals surface area (Å²) in [5.74, 6) is 0.606.